The molecular formula is C22H27ClF2N2O. The van der Waals surface area contributed by atoms with Crippen LogP contribution in [-0.2, 0) is 11.2 Å². The van der Waals surface area contributed by atoms with Gasteiger partial charge in [-0.3, -0.25) is 4.79 Å². The fraction of sp³-hybridized carbons (Fsp3) is 0.409. The molecule has 2 N–H and O–H groups in total. The topological polar surface area (TPSA) is 41.1 Å². The van der Waals surface area contributed by atoms with Crippen LogP contribution in [0, 0.1) is 17.6 Å². The summed E-state index contributed by atoms with van der Waals surface area (Å²) < 4.78 is 27.2. The van der Waals surface area contributed by atoms with Crippen LogP contribution in [-0.4, -0.2) is 19.0 Å². The van der Waals surface area contributed by atoms with Crippen molar-refractivity contribution in [2.45, 2.75) is 38.1 Å². The highest BCUT2D eigenvalue weighted by Gasteiger charge is 2.19. The van der Waals surface area contributed by atoms with Gasteiger partial charge in [0.1, 0.15) is 11.6 Å². The smallest absolute Gasteiger partial charge is 0.220 e. The van der Waals surface area contributed by atoms with Gasteiger partial charge in [0.05, 0.1) is 6.04 Å². The van der Waals surface area contributed by atoms with Crippen LogP contribution in [0.15, 0.2) is 48.5 Å². The quantitative estimate of drug-likeness (QED) is 0.704. The lowest BCUT2D eigenvalue weighted by Gasteiger charge is -2.23. The highest BCUT2D eigenvalue weighted by Crippen LogP contribution is 2.22. The lowest BCUT2D eigenvalue weighted by Crippen LogP contribution is -2.32. The number of nitrogens with one attached hydrogen (secondary N) is 2. The van der Waals surface area contributed by atoms with Gasteiger partial charge in [-0.2, -0.15) is 0 Å². The van der Waals surface area contributed by atoms with Gasteiger partial charge >= 0.3 is 0 Å². The van der Waals surface area contributed by atoms with E-state index in [-0.39, 0.29) is 36.0 Å². The number of carbonyl (C=O) groups is 1. The van der Waals surface area contributed by atoms with Gasteiger partial charge < -0.3 is 10.6 Å². The van der Waals surface area contributed by atoms with Crippen molar-refractivity contribution in [2.75, 3.05) is 13.1 Å². The molecule has 1 fully saturated rings. The molecule has 2 aromatic carbocycles. The summed E-state index contributed by atoms with van der Waals surface area (Å²) in [4.78, 5) is 12.5. The summed E-state index contributed by atoms with van der Waals surface area (Å²) in [6.07, 6.45) is 3.94. The van der Waals surface area contributed by atoms with Crippen LogP contribution in [0.4, 0.5) is 8.78 Å². The van der Waals surface area contributed by atoms with Crippen molar-refractivity contribution < 1.29 is 13.6 Å². The van der Waals surface area contributed by atoms with Crippen LogP contribution < -0.4 is 10.6 Å². The van der Waals surface area contributed by atoms with Crippen molar-refractivity contribution in [3.05, 3.63) is 71.3 Å². The Kier molecular flexibility index (Phi) is 8.87. The van der Waals surface area contributed by atoms with Crippen LogP contribution in [0.25, 0.3) is 0 Å². The van der Waals surface area contributed by atoms with E-state index in [1.165, 1.54) is 24.3 Å². The number of hydrogen-bond donors (Lipinski definition) is 2. The number of benzene rings is 2. The summed E-state index contributed by atoms with van der Waals surface area (Å²) >= 11 is 0. The number of carbonyl (C=O) groups excluding carboxylic acids is 1. The van der Waals surface area contributed by atoms with Crippen molar-refractivity contribution in [1.29, 1.82) is 0 Å². The van der Waals surface area contributed by atoms with Crippen molar-refractivity contribution in [1.82, 2.24) is 10.6 Å². The first-order chi connectivity index (χ1) is 13.1. The minimum absolute atomic E-state index is 0. The predicted molar refractivity (Wildman–Crippen MR) is 109 cm³/mol. The third-order valence-corrected chi connectivity index (χ3v) is 5.15. The van der Waals surface area contributed by atoms with Gasteiger partial charge in [-0.05, 0) is 80.1 Å². The molecule has 0 aromatic heterocycles. The highest BCUT2D eigenvalue weighted by atomic mass is 35.5. The summed E-state index contributed by atoms with van der Waals surface area (Å²) in [7, 11) is 0. The van der Waals surface area contributed by atoms with Crippen molar-refractivity contribution in [3.8, 4) is 0 Å². The molecular weight excluding hydrogens is 382 g/mol. The first-order valence-corrected chi connectivity index (χ1v) is 9.60. The summed E-state index contributed by atoms with van der Waals surface area (Å²) in [5.74, 6) is -0.129. The van der Waals surface area contributed by atoms with E-state index in [0.717, 1.165) is 37.9 Å². The molecule has 0 spiro atoms. The van der Waals surface area contributed by atoms with Crippen molar-refractivity contribution in [2.24, 2.45) is 5.92 Å². The predicted octanol–water partition coefficient (Wildman–Crippen LogP) is 4.57. The van der Waals surface area contributed by atoms with E-state index in [2.05, 4.69) is 10.6 Å². The fourth-order valence-electron chi connectivity index (χ4n) is 3.65. The molecule has 3 nitrogen and oxygen atoms in total. The second-order valence-electron chi connectivity index (χ2n) is 7.24. The molecule has 6 heteroatoms. The lowest BCUT2D eigenvalue weighted by molar-refractivity contribution is -0.122. The third kappa shape index (κ3) is 6.88. The molecule has 0 saturated carbocycles. The zero-order valence-electron chi connectivity index (χ0n) is 15.8. The second-order valence-corrected chi connectivity index (χ2v) is 7.24. The molecule has 1 aliphatic heterocycles. The Hall–Kier alpha value is -1.98. The second kappa shape index (κ2) is 11.1. The van der Waals surface area contributed by atoms with Gasteiger partial charge in [-0.1, -0.05) is 24.3 Å². The van der Waals surface area contributed by atoms with Crippen LogP contribution in [0.5, 0.6) is 0 Å². The van der Waals surface area contributed by atoms with Crippen LogP contribution in [0.2, 0.25) is 0 Å². The van der Waals surface area contributed by atoms with Crippen LogP contribution in [0.1, 0.15) is 42.9 Å². The number of amides is 1. The maximum absolute atomic E-state index is 13.7. The lowest BCUT2D eigenvalue weighted by atomic mass is 9.92. The van der Waals surface area contributed by atoms with E-state index in [1.54, 1.807) is 18.2 Å². The molecule has 0 bridgehead atoms. The Labute approximate surface area is 171 Å². The molecule has 1 aliphatic rings. The molecule has 2 aromatic rings. The number of hydrogen-bond acceptors (Lipinski definition) is 2. The first-order valence-electron chi connectivity index (χ1n) is 9.60. The molecule has 1 atom stereocenters. The molecule has 0 radical (unpaired) electrons. The van der Waals surface area contributed by atoms with Gasteiger partial charge in [0.25, 0.3) is 0 Å². The first kappa shape index (κ1) is 22.3. The van der Waals surface area contributed by atoms with Crippen LogP contribution >= 0.6 is 12.4 Å². The standard InChI is InChI=1S/C22H26F2N2O.ClH/c23-19-5-1-3-17(13-19)14-21(18-4-2-6-20(24)15-18)26-22(27)8-7-16-9-11-25-12-10-16;/h1-6,13,15-16,21,25H,7-12,14H2,(H,26,27);1H. The molecule has 152 valence electrons. The van der Waals surface area contributed by atoms with Gasteiger partial charge in [0.15, 0.2) is 0 Å². The number of piperidine rings is 1. The van der Waals surface area contributed by atoms with E-state index in [9.17, 15) is 13.6 Å². The van der Waals surface area contributed by atoms with Crippen molar-refractivity contribution >= 4 is 18.3 Å². The molecule has 1 heterocycles. The van der Waals surface area contributed by atoms with Gasteiger partial charge in [-0.15, -0.1) is 12.4 Å². The molecule has 28 heavy (non-hydrogen) atoms. The Bertz CT molecular complexity index is 766. The maximum atomic E-state index is 13.7. The maximum Gasteiger partial charge on any atom is 0.220 e. The van der Waals surface area contributed by atoms with E-state index in [1.807, 2.05) is 6.07 Å². The molecule has 1 unspecified atom stereocenters. The van der Waals surface area contributed by atoms with Gasteiger partial charge in [0, 0.05) is 6.42 Å². The zero-order chi connectivity index (χ0) is 19.1. The molecule has 1 amide bonds. The Morgan fingerprint density at radius 3 is 2.43 bits per heavy atom. The monoisotopic (exact) mass is 408 g/mol. The zero-order valence-corrected chi connectivity index (χ0v) is 16.6. The third-order valence-electron chi connectivity index (χ3n) is 5.15. The van der Waals surface area contributed by atoms with E-state index in [4.69, 9.17) is 0 Å². The van der Waals surface area contributed by atoms with Gasteiger partial charge in [0.2, 0.25) is 5.91 Å². The summed E-state index contributed by atoms with van der Waals surface area (Å²) in [6, 6.07) is 12.1. The largest absolute Gasteiger partial charge is 0.349 e. The minimum Gasteiger partial charge on any atom is -0.349 e. The molecule has 1 saturated heterocycles. The van der Waals surface area contributed by atoms with Crippen molar-refractivity contribution in [3.63, 3.8) is 0 Å². The summed E-state index contributed by atoms with van der Waals surface area (Å²) in [6.45, 7) is 2.02. The normalized spacial score (nSPS) is 15.5. The van der Waals surface area contributed by atoms with E-state index in [0.29, 0.717) is 24.3 Å². The average Bonchev–Trinajstić information content (AvgIpc) is 2.67. The van der Waals surface area contributed by atoms with E-state index < -0.39 is 0 Å². The van der Waals surface area contributed by atoms with Crippen LogP contribution in [0.3, 0.4) is 0 Å². The summed E-state index contributed by atoms with van der Waals surface area (Å²) in [5, 5.41) is 6.35. The summed E-state index contributed by atoms with van der Waals surface area (Å²) in [5.41, 5.74) is 1.46. The SMILES string of the molecule is Cl.O=C(CCC1CCNCC1)NC(Cc1cccc(F)c1)c1cccc(F)c1. The molecule has 3 rings (SSSR count). The fourth-order valence-corrected chi connectivity index (χ4v) is 3.65. The Balaban J connectivity index is 0.00000280. The van der Waals surface area contributed by atoms with Gasteiger partial charge in [-0.25, -0.2) is 8.78 Å². The number of halogens is 3. The molecule has 0 aliphatic carbocycles. The number of rotatable bonds is 7. The minimum atomic E-state index is -0.386. The highest BCUT2D eigenvalue weighted by molar-refractivity contribution is 5.85. The Morgan fingerprint density at radius 2 is 1.75 bits per heavy atom. The average molecular weight is 409 g/mol. The van der Waals surface area contributed by atoms with E-state index >= 15 is 0 Å². The Morgan fingerprint density at radius 1 is 1.07 bits per heavy atom.